The van der Waals surface area contributed by atoms with Gasteiger partial charge >= 0.3 is 24.1 Å². The maximum absolute atomic E-state index is 13.4. The first-order valence-electron chi connectivity index (χ1n) is 8.95. The highest BCUT2D eigenvalue weighted by Crippen LogP contribution is 2.40. The van der Waals surface area contributed by atoms with Crippen LogP contribution in [0.15, 0.2) is 60.7 Å². The molecule has 0 N–H and O–H groups in total. The van der Waals surface area contributed by atoms with Crippen molar-refractivity contribution in [1.29, 1.82) is 0 Å². The molecular formula is C21H17F3O6. The number of esters is 3. The van der Waals surface area contributed by atoms with Crippen molar-refractivity contribution in [2.24, 2.45) is 11.8 Å². The Bertz CT molecular complexity index is 898. The predicted molar refractivity (Wildman–Crippen MR) is 95.4 cm³/mol. The van der Waals surface area contributed by atoms with Crippen LogP contribution in [0.1, 0.15) is 11.1 Å². The van der Waals surface area contributed by atoms with Crippen LogP contribution in [0.3, 0.4) is 0 Å². The monoisotopic (exact) mass is 422 g/mol. The smallest absolute Gasteiger partial charge is 0.426 e. The van der Waals surface area contributed by atoms with Gasteiger partial charge in [-0.25, -0.2) is 0 Å². The van der Waals surface area contributed by atoms with Crippen LogP contribution in [-0.2, 0) is 41.8 Å². The van der Waals surface area contributed by atoms with Gasteiger partial charge in [-0.2, -0.15) is 13.2 Å². The van der Waals surface area contributed by atoms with Crippen LogP contribution in [0.4, 0.5) is 13.2 Å². The van der Waals surface area contributed by atoms with Crippen molar-refractivity contribution in [1.82, 2.24) is 0 Å². The number of alkyl halides is 3. The van der Waals surface area contributed by atoms with Gasteiger partial charge in [0.2, 0.25) is 6.10 Å². The number of rotatable bonds is 6. The summed E-state index contributed by atoms with van der Waals surface area (Å²) in [4.78, 5) is 36.9. The zero-order valence-electron chi connectivity index (χ0n) is 15.5. The van der Waals surface area contributed by atoms with Gasteiger partial charge in [0.05, 0.1) is 0 Å². The second-order valence-corrected chi connectivity index (χ2v) is 6.59. The number of halogens is 3. The fourth-order valence-corrected chi connectivity index (χ4v) is 3.01. The lowest BCUT2D eigenvalue weighted by Gasteiger charge is -2.21. The van der Waals surface area contributed by atoms with Crippen molar-refractivity contribution in [2.45, 2.75) is 25.5 Å². The maximum atomic E-state index is 13.4. The minimum absolute atomic E-state index is 0.272. The van der Waals surface area contributed by atoms with Crippen molar-refractivity contribution in [3.05, 3.63) is 71.8 Å². The number of carbonyl (C=O) groups is 3. The molecule has 1 heterocycles. The first kappa shape index (κ1) is 21.4. The van der Waals surface area contributed by atoms with Gasteiger partial charge in [-0.1, -0.05) is 60.7 Å². The normalized spacial score (nSPS) is 21.0. The molecule has 30 heavy (non-hydrogen) atoms. The summed E-state index contributed by atoms with van der Waals surface area (Å²) in [5.74, 6) is -8.38. The van der Waals surface area contributed by atoms with Crippen molar-refractivity contribution in [3.8, 4) is 0 Å². The SMILES string of the molecule is O=C(OCc1ccccc1)C1C(=O)OC(C(F)(F)F)C1C(=O)OCc1ccccc1. The summed E-state index contributed by atoms with van der Waals surface area (Å²) in [6.45, 7) is -0.591. The Balaban J connectivity index is 1.75. The number of ether oxygens (including phenoxy) is 3. The molecule has 1 fully saturated rings. The second kappa shape index (κ2) is 8.98. The van der Waals surface area contributed by atoms with E-state index in [9.17, 15) is 27.6 Å². The first-order chi connectivity index (χ1) is 14.3. The van der Waals surface area contributed by atoms with Crippen LogP contribution in [0, 0.1) is 11.8 Å². The van der Waals surface area contributed by atoms with Crippen LogP contribution >= 0.6 is 0 Å². The van der Waals surface area contributed by atoms with E-state index in [1.54, 1.807) is 60.7 Å². The fraction of sp³-hybridized carbons (Fsp3) is 0.286. The molecule has 0 spiro atoms. The van der Waals surface area contributed by atoms with Gasteiger partial charge in [0.15, 0.2) is 5.92 Å². The Kier molecular flexibility index (Phi) is 6.39. The van der Waals surface area contributed by atoms with E-state index in [1.165, 1.54) is 0 Å². The molecular weight excluding hydrogens is 405 g/mol. The molecule has 2 aromatic carbocycles. The Morgan fingerprint density at radius 2 is 1.30 bits per heavy atom. The van der Waals surface area contributed by atoms with Gasteiger partial charge in [0.25, 0.3) is 0 Å². The van der Waals surface area contributed by atoms with Crippen LogP contribution in [0.2, 0.25) is 0 Å². The standard InChI is InChI=1S/C21H17F3O6/c22-21(23,24)17-15(18(25)28-11-13-7-3-1-4-8-13)16(20(27)30-17)19(26)29-12-14-9-5-2-6-10-14/h1-10,15-17H,11-12H2. The molecule has 0 amide bonds. The molecule has 158 valence electrons. The van der Waals surface area contributed by atoms with Crippen LogP contribution < -0.4 is 0 Å². The van der Waals surface area contributed by atoms with Crippen LogP contribution in [0.25, 0.3) is 0 Å². The summed E-state index contributed by atoms with van der Waals surface area (Å²) in [5.41, 5.74) is 1.09. The predicted octanol–water partition coefficient (Wildman–Crippen LogP) is 3.19. The number of benzene rings is 2. The Hall–Kier alpha value is -3.36. The molecule has 0 saturated carbocycles. The third-order valence-electron chi connectivity index (χ3n) is 4.48. The summed E-state index contributed by atoms with van der Waals surface area (Å²) in [5, 5.41) is 0. The third-order valence-corrected chi connectivity index (χ3v) is 4.48. The number of hydrogen-bond donors (Lipinski definition) is 0. The Labute approximate surface area is 169 Å². The lowest BCUT2D eigenvalue weighted by molar-refractivity contribution is -0.221. The fourth-order valence-electron chi connectivity index (χ4n) is 3.01. The largest absolute Gasteiger partial charge is 0.460 e. The molecule has 1 aliphatic heterocycles. The molecule has 3 rings (SSSR count). The van der Waals surface area contributed by atoms with E-state index in [0.29, 0.717) is 11.1 Å². The van der Waals surface area contributed by atoms with E-state index < -0.39 is 42.0 Å². The van der Waals surface area contributed by atoms with Gasteiger partial charge in [-0.05, 0) is 11.1 Å². The van der Waals surface area contributed by atoms with Gasteiger partial charge in [-0.15, -0.1) is 0 Å². The minimum atomic E-state index is -5.06. The van der Waals surface area contributed by atoms with Crippen molar-refractivity contribution >= 4 is 17.9 Å². The number of cyclic esters (lactones) is 1. The highest BCUT2D eigenvalue weighted by Gasteiger charge is 2.63. The molecule has 3 atom stereocenters. The van der Waals surface area contributed by atoms with Crippen LogP contribution in [0.5, 0.6) is 0 Å². The van der Waals surface area contributed by atoms with E-state index >= 15 is 0 Å². The molecule has 1 saturated heterocycles. The Morgan fingerprint density at radius 3 is 1.77 bits per heavy atom. The molecule has 0 aliphatic carbocycles. The lowest BCUT2D eigenvalue weighted by Crippen LogP contribution is -2.42. The maximum Gasteiger partial charge on any atom is 0.426 e. The quantitative estimate of drug-likeness (QED) is 0.404. The molecule has 0 radical (unpaired) electrons. The van der Waals surface area contributed by atoms with Gasteiger partial charge in [-0.3, -0.25) is 14.4 Å². The van der Waals surface area contributed by atoms with Gasteiger partial charge in [0, 0.05) is 0 Å². The molecule has 3 unspecified atom stereocenters. The van der Waals surface area contributed by atoms with E-state index in [-0.39, 0.29) is 13.2 Å². The van der Waals surface area contributed by atoms with E-state index in [0.717, 1.165) is 0 Å². The van der Waals surface area contributed by atoms with E-state index in [2.05, 4.69) is 4.74 Å². The van der Waals surface area contributed by atoms with E-state index in [4.69, 9.17) is 9.47 Å². The zero-order chi connectivity index (χ0) is 21.7. The molecule has 0 bridgehead atoms. The number of hydrogen-bond acceptors (Lipinski definition) is 6. The topological polar surface area (TPSA) is 78.9 Å². The van der Waals surface area contributed by atoms with Gasteiger partial charge < -0.3 is 14.2 Å². The van der Waals surface area contributed by atoms with Crippen molar-refractivity contribution < 1.29 is 41.8 Å². The van der Waals surface area contributed by atoms with Crippen molar-refractivity contribution in [2.75, 3.05) is 0 Å². The summed E-state index contributed by atoms with van der Waals surface area (Å²) >= 11 is 0. The molecule has 1 aliphatic rings. The Morgan fingerprint density at radius 1 is 0.833 bits per heavy atom. The molecule has 0 aromatic heterocycles. The summed E-state index contributed by atoms with van der Waals surface area (Å²) < 4.78 is 54.3. The van der Waals surface area contributed by atoms with Crippen LogP contribution in [-0.4, -0.2) is 30.2 Å². The summed E-state index contributed by atoms with van der Waals surface area (Å²) in [6, 6.07) is 16.6. The average molecular weight is 422 g/mol. The summed E-state index contributed by atoms with van der Waals surface area (Å²) in [7, 11) is 0. The lowest BCUT2D eigenvalue weighted by atomic mass is 9.90. The second-order valence-electron chi connectivity index (χ2n) is 6.59. The van der Waals surface area contributed by atoms with Gasteiger partial charge in [0.1, 0.15) is 19.1 Å². The summed E-state index contributed by atoms with van der Waals surface area (Å²) in [6.07, 6.45) is -7.84. The minimum Gasteiger partial charge on any atom is -0.460 e. The first-order valence-corrected chi connectivity index (χ1v) is 8.95. The van der Waals surface area contributed by atoms with Crippen molar-refractivity contribution in [3.63, 3.8) is 0 Å². The highest BCUT2D eigenvalue weighted by molar-refractivity contribution is 6.01. The highest BCUT2D eigenvalue weighted by atomic mass is 19.4. The molecule has 9 heteroatoms. The number of carbonyl (C=O) groups excluding carboxylic acids is 3. The zero-order valence-corrected chi connectivity index (χ0v) is 15.5. The molecule has 6 nitrogen and oxygen atoms in total. The molecule has 2 aromatic rings. The average Bonchev–Trinajstić information content (AvgIpc) is 3.09. The van der Waals surface area contributed by atoms with E-state index in [1.807, 2.05) is 0 Å². The third kappa shape index (κ3) is 4.97.